The number of methoxy groups -OCH3 is 1. The van der Waals surface area contributed by atoms with Gasteiger partial charge in [-0.15, -0.1) is 11.8 Å². The average molecular weight is 348 g/mol. The van der Waals surface area contributed by atoms with E-state index in [0.717, 1.165) is 9.37 Å². The summed E-state index contributed by atoms with van der Waals surface area (Å²) in [6.07, 6.45) is 0. The van der Waals surface area contributed by atoms with Crippen LogP contribution in [0.3, 0.4) is 0 Å². The highest BCUT2D eigenvalue weighted by Gasteiger charge is 2.12. The monoisotopic (exact) mass is 347 g/mol. The van der Waals surface area contributed by atoms with Crippen molar-refractivity contribution < 1.29 is 14.6 Å². The van der Waals surface area contributed by atoms with Gasteiger partial charge in [0.25, 0.3) is 0 Å². The normalized spacial score (nSPS) is 10.5. The largest absolute Gasteiger partial charge is 0.395 e. The van der Waals surface area contributed by atoms with Crippen molar-refractivity contribution in [3.05, 3.63) is 28.7 Å². The van der Waals surface area contributed by atoms with Crippen molar-refractivity contribution in [2.75, 3.05) is 39.2 Å². The van der Waals surface area contributed by atoms with Gasteiger partial charge in [0.2, 0.25) is 5.91 Å². The number of nitrogens with zero attached hydrogens (tertiary/aromatic N) is 1. The molecule has 0 aliphatic rings. The van der Waals surface area contributed by atoms with E-state index in [0.29, 0.717) is 25.4 Å². The smallest absolute Gasteiger partial charge is 0.233 e. The molecule has 0 aliphatic heterocycles. The molecular weight excluding hydrogens is 330 g/mol. The average Bonchev–Trinajstić information content (AvgIpc) is 2.42. The Morgan fingerprint density at radius 2 is 2.05 bits per heavy atom. The molecule has 1 aromatic rings. The number of aliphatic hydroxyl groups is 1. The van der Waals surface area contributed by atoms with E-state index < -0.39 is 0 Å². The summed E-state index contributed by atoms with van der Waals surface area (Å²) in [4.78, 5) is 14.7. The molecule has 0 bridgehead atoms. The van der Waals surface area contributed by atoms with Gasteiger partial charge in [-0.3, -0.25) is 4.79 Å². The topological polar surface area (TPSA) is 49.8 Å². The lowest BCUT2D eigenvalue weighted by Crippen LogP contribution is -2.37. The van der Waals surface area contributed by atoms with E-state index in [4.69, 9.17) is 9.84 Å². The molecule has 0 radical (unpaired) electrons. The van der Waals surface area contributed by atoms with Gasteiger partial charge in [0, 0.05) is 29.6 Å². The molecule has 0 saturated carbocycles. The van der Waals surface area contributed by atoms with E-state index in [2.05, 4.69) is 15.9 Å². The second-order valence-electron chi connectivity index (χ2n) is 3.84. The van der Waals surface area contributed by atoms with Crippen molar-refractivity contribution in [2.24, 2.45) is 0 Å². The minimum absolute atomic E-state index is 0.0130. The Hall–Kier alpha value is -0.560. The Morgan fingerprint density at radius 3 is 2.63 bits per heavy atom. The second kappa shape index (κ2) is 9.36. The molecule has 0 atom stereocenters. The molecule has 4 nitrogen and oxygen atoms in total. The maximum absolute atomic E-state index is 12.0. The Balaban J connectivity index is 2.44. The van der Waals surface area contributed by atoms with Crippen LogP contribution in [0.5, 0.6) is 0 Å². The summed E-state index contributed by atoms with van der Waals surface area (Å²) in [5.41, 5.74) is 0. The van der Waals surface area contributed by atoms with Gasteiger partial charge >= 0.3 is 0 Å². The molecular formula is C13H18BrNO3S. The predicted molar refractivity (Wildman–Crippen MR) is 80.4 cm³/mol. The maximum Gasteiger partial charge on any atom is 0.233 e. The zero-order valence-corrected chi connectivity index (χ0v) is 13.2. The number of amides is 1. The lowest BCUT2D eigenvalue weighted by atomic mass is 10.4. The lowest BCUT2D eigenvalue weighted by Gasteiger charge is -2.21. The minimum atomic E-state index is -0.0294. The van der Waals surface area contributed by atoms with Crippen molar-refractivity contribution in [1.82, 2.24) is 4.90 Å². The summed E-state index contributed by atoms with van der Waals surface area (Å²) in [5, 5.41) is 8.95. The van der Waals surface area contributed by atoms with Gasteiger partial charge in [0.1, 0.15) is 0 Å². The van der Waals surface area contributed by atoms with Crippen LogP contribution in [-0.2, 0) is 9.53 Å². The first-order chi connectivity index (χ1) is 9.17. The van der Waals surface area contributed by atoms with Gasteiger partial charge in [-0.05, 0) is 24.3 Å². The summed E-state index contributed by atoms with van der Waals surface area (Å²) < 4.78 is 5.98. The Bertz CT molecular complexity index is 386. The number of hydrogen-bond acceptors (Lipinski definition) is 4. The van der Waals surface area contributed by atoms with Crippen LogP contribution in [0.15, 0.2) is 33.6 Å². The van der Waals surface area contributed by atoms with E-state index in [-0.39, 0.29) is 12.5 Å². The molecule has 19 heavy (non-hydrogen) atoms. The van der Waals surface area contributed by atoms with E-state index in [1.54, 1.807) is 12.0 Å². The number of carbonyl (C=O) groups is 1. The van der Waals surface area contributed by atoms with E-state index >= 15 is 0 Å². The summed E-state index contributed by atoms with van der Waals surface area (Å²) in [6, 6.07) is 7.83. The molecule has 0 saturated heterocycles. The number of ether oxygens (including phenoxy) is 1. The molecule has 0 aliphatic carbocycles. The predicted octanol–water partition coefficient (Wildman–Crippen LogP) is 2.01. The Morgan fingerprint density at radius 1 is 1.37 bits per heavy atom. The molecule has 0 aromatic heterocycles. The van der Waals surface area contributed by atoms with Crippen molar-refractivity contribution in [2.45, 2.75) is 4.90 Å². The number of halogens is 1. The summed E-state index contributed by atoms with van der Waals surface area (Å²) in [7, 11) is 1.60. The third kappa shape index (κ3) is 6.42. The van der Waals surface area contributed by atoms with Crippen molar-refractivity contribution >= 4 is 33.6 Å². The fourth-order valence-electron chi connectivity index (χ4n) is 1.45. The van der Waals surface area contributed by atoms with Gasteiger partial charge in [0.15, 0.2) is 0 Å². The number of hydrogen-bond donors (Lipinski definition) is 1. The summed E-state index contributed by atoms with van der Waals surface area (Å²) in [6.45, 7) is 1.31. The standard InChI is InChI=1S/C13H18BrNO3S/c1-18-9-7-15(6-8-16)13(17)10-19-12-4-2-11(14)3-5-12/h2-5,16H,6-10H2,1H3. The van der Waals surface area contributed by atoms with E-state index in [1.807, 2.05) is 24.3 Å². The van der Waals surface area contributed by atoms with Crippen LogP contribution in [-0.4, -0.2) is 55.1 Å². The quantitative estimate of drug-likeness (QED) is 0.731. The molecule has 1 N–H and O–H groups in total. The fraction of sp³-hybridized carbons (Fsp3) is 0.462. The highest BCUT2D eigenvalue weighted by Crippen LogP contribution is 2.20. The zero-order valence-electron chi connectivity index (χ0n) is 10.8. The molecule has 1 amide bonds. The van der Waals surface area contributed by atoms with Crippen LogP contribution in [0.25, 0.3) is 0 Å². The number of rotatable bonds is 8. The van der Waals surface area contributed by atoms with Crippen LogP contribution in [0.1, 0.15) is 0 Å². The molecule has 0 unspecified atom stereocenters. The first-order valence-electron chi connectivity index (χ1n) is 5.93. The molecule has 106 valence electrons. The molecule has 1 rings (SSSR count). The van der Waals surface area contributed by atoms with E-state index in [9.17, 15) is 4.79 Å². The van der Waals surface area contributed by atoms with E-state index in [1.165, 1.54) is 11.8 Å². The van der Waals surface area contributed by atoms with Crippen LogP contribution >= 0.6 is 27.7 Å². The lowest BCUT2D eigenvalue weighted by molar-refractivity contribution is -0.129. The first kappa shape index (κ1) is 16.5. The zero-order chi connectivity index (χ0) is 14.1. The van der Waals surface area contributed by atoms with Gasteiger partial charge in [0.05, 0.1) is 19.0 Å². The van der Waals surface area contributed by atoms with Gasteiger partial charge in [-0.1, -0.05) is 15.9 Å². The minimum Gasteiger partial charge on any atom is -0.395 e. The highest BCUT2D eigenvalue weighted by atomic mass is 79.9. The molecule has 0 spiro atoms. The van der Waals surface area contributed by atoms with Crippen LogP contribution in [0.4, 0.5) is 0 Å². The second-order valence-corrected chi connectivity index (χ2v) is 5.80. The fourth-order valence-corrected chi connectivity index (χ4v) is 2.52. The number of aliphatic hydroxyl groups excluding tert-OH is 1. The number of carbonyl (C=O) groups excluding carboxylic acids is 1. The molecule has 0 heterocycles. The SMILES string of the molecule is COCCN(CCO)C(=O)CSc1ccc(Br)cc1. The molecule has 1 aromatic carbocycles. The number of thioether (sulfide) groups is 1. The Kier molecular flexibility index (Phi) is 8.13. The maximum atomic E-state index is 12.0. The highest BCUT2D eigenvalue weighted by molar-refractivity contribution is 9.10. The van der Waals surface area contributed by atoms with Gasteiger partial charge in [-0.2, -0.15) is 0 Å². The van der Waals surface area contributed by atoms with Gasteiger partial charge in [-0.25, -0.2) is 0 Å². The van der Waals surface area contributed by atoms with Crippen LogP contribution in [0, 0.1) is 0 Å². The summed E-state index contributed by atoms with van der Waals surface area (Å²) in [5.74, 6) is 0.379. The van der Waals surface area contributed by atoms with Crippen molar-refractivity contribution in [3.8, 4) is 0 Å². The van der Waals surface area contributed by atoms with Crippen molar-refractivity contribution in [1.29, 1.82) is 0 Å². The summed E-state index contributed by atoms with van der Waals surface area (Å²) >= 11 is 4.86. The third-order valence-corrected chi connectivity index (χ3v) is 3.99. The molecule has 6 heteroatoms. The van der Waals surface area contributed by atoms with Crippen molar-refractivity contribution in [3.63, 3.8) is 0 Å². The Labute approximate surface area is 126 Å². The number of benzene rings is 1. The molecule has 0 fully saturated rings. The van der Waals surface area contributed by atoms with Crippen LogP contribution in [0.2, 0.25) is 0 Å². The third-order valence-electron chi connectivity index (χ3n) is 2.46. The first-order valence-corrected chi connectivity index (χ1v) is 7.71. The van der Waals surface area contributed by atoms with Gasteiger partial charge < -0.3 is 14.7 Å². The van der Waals surface area contributed by atoms with Crippen LogP contribution < -0.4 is 0 Å².